The quantitative estimate of drug-likeness (QED) is 0.719. The van der Waals surface area contributed by atoms with Crippen molar-refractivity contribution in [2.24, 2.45) is 0 Å². The van der Waals surface area contributed by atoms with Crippen molar-refractivity contribution in [3.8, 4) is 5.75 Å². The van der Waals surface area contributed by atoms with Crippen LogP contribution in [0.25, 0.3) is 0 Å². The molecule has 21 heavy (non-hydrogen) atoms. The second-order valence-electron chi connectivity index (χ2n) is 4.86. The Labute approximate surface area is 140 Å². The van der Waals surface area contributed by atoms with E-state index in [1.54, 1.807) is 19.2 Å². The molecule has 0 aliphatic heterocycles. The number of ether oxygens (including phenoxy) is 1. The summed E-state index contributed by atoms with van der Waals surface area (Å²) in [5.74, 6) is 0.830. The molecule has 0 radical (unpaired) electrons. The first-order chi connectivity index (χ1) is 9.92. The second kappa shape index (κ2) is 6.78. The van der Waals surface area contributed by atoms with Crippen molar-refractivity contribution in [2.75, 3.05) is 12.4 Å². The van der Waals surface area contributed by atoms with Gasteiger partial charge in [0.25, 0.3) is 0 Å². The van der Waals surface area contributed by atoms with Crippen LogP contribution in [0.4, 0.5) is 5.69 Å². The topological polar surface area (TPSA) is 21.3 Å². The van der Waals surface area contributed by atoms with Gasteiger partial charge in [-0.25, -0.2) is 0 Å². The molecule has 0 amide bonds. The molecule has 0 bridgehead atoms. The standard InChI is InChI=1S/C16H16Cl3NO/c1-9-4-5-12(15(6-9)21-3)10(2)20-16-13(18)7-11(17)8-14(16)19/h4-8,10,20H,1-3H3. The van der Waals surface area contributed by atoms with Gasteiger partial charge in [0, 0.05) is 10.6 Å². The SMILES string of the molecule is COc1cc(C)ccc1C(C)Nc1c(Cl)cc(Cl)cc1Cl. The Morgan fingerprint density at radius 1 is 1.05 bits per heavy atom. The summed E-state index contributed by atoms with van der Waals surface area (Å²) in [4.78, 5) is 0. The summed E-state index contributed by atoms with van der Waals surface area (Å²) in [5, 5.41) is 4.81. The summed E-state index contributed by atoms with van der Waals surface area (Å²) in [6.45, 7) is 4.05. The van der Waals surface area contributed by atoms with Gasteiger partial charge in [-0.2, -0.15) is 0 Å². The molecule has 0 aliphatic rings. The molecule has 112 valence electrons. The summed E-state index contributed by atoms with van der Waals surface area (Å²) >= 11 is 18.3. The van der Waals surface area contributed by atoms with E-state index in [1.807, 2.05) is 32.0 Å². The van der Waals surface area contributed by atoms with Crippen molar-refractivity contribution in [1.29, 1.82) is 0 Å². The van der Waals surface area contributed by atoms with E-state index < -0.39 is 0 Å². The van der Waals surface area contributed by atoms with Gasteiger partial charge in [0.2, 0.25) is 0 Å². The first-order valence-electron chi connectivity index (χ1n) is 6.48. The molecule has 2 rings (SSSR count). The Kier molecular flexibility index (Phi) is 5.26. The molecule has 0 aliphatic carbocycles. The van der Waals surface area contributed by atoms with Crippen LogP contribution in [-0.2, 0) is 0 Å². The Hall–Kier alpha value is -1.09. The number of halogens is 3. The minimum absolute atomic E-state index is 0.0169. The molecule has 2 nitrogen and oxygen atoms in total. The highest BCUT2D eigenvalue weighted by Crippen LogP contribution is 2.37. The highest BCUT2D eigenvalue weighted by molar-refractivity contribution is 6.41. The lowest BCUT2D eigenvalue weighted by Gasteiger charge is -2.20. The van der Waals surface area contributed by atoms with Gasteiger partial charge in [0.05, 0.1) is 28.9 Å². The zero-order valence-electron chi connectivity index (χ0n) is 12.0. The second-order valence-corrected chi connectivity index (χ2v) is 6.11. The normalized spacial score (nSPS) is 12.1. The average molecular weight is 345 g/mol. The molecule has 5 heteroatoms. The number of rotatable bonds is 4. The Bertz CT molecular complexity index is 635. The molecule has 2 aromatic carbocycles. The van der Waals surface area contributed by atoms with Gasteiger partial charge < -0.3 is 10.1 Å². The first kappa shape index (κ1) is 16.3. The number of aryl methyl sites for hydroxylation is 1. The largest absolute Gasteiger partial charge is 0.496 e. The number of methoxy groups -OCH3 is 1. The van der Waals surface area contributed by atoms with E-state index in [1.165, 1.54) is 0 Å². The van der Waals surface area contributed by atoms with Crippen LogP contribution in [0.15, 0.2) is 30.3 Å². The Balaban J connectivity index is 2.32. The molecule has 1 atom stereocenters. The fourth-order valence-corrected chi connectivity index (χ4v) is 3.08. The van der Waals surface area contributed by atoms with E-state index in [0.29, 0.717) is 20.8 Å². The van der Waals surface area contributed by atoms with Crippen molar-refractivity contribution in [1.82, 2.24) is 0 Å². The highest BCUT2D eigenvalue weighted by Gasteiger charge is 2.15. The van der Waals surface area contributed by atoms with Gasteiger partial charge in [-0.05, 0) is 37.6 Å². The number of nitrogens with one attached hydrogen (secondary N) is 1. The number of hydrogen-bond donors (Lipinski definition) is 1. The van der Waals surface area contributed by atoms with Crippen molar-refractivity contribution in [2.45, 2.75) is 19.9 Å². The molecule has 0 fully saturated rings. The third kappa shape index (κ3) is 3.76. The third-order valence-electron chi connectivity index (χ3n) is 3.22. The predicted octanol–water partition coefficient (Wildman–Crippen LogP) is 6.14. The van der Waals surface area contributed by atoms with Gasteiger partial charge in [-0.1, -0.05) is 46.9 Å². The van der Waals surface area contributed by atoms with Crippen LogP contribution < -0.4 is 10.1 Å². The van der Waals surface area contributed by atoms with Gasteiger partial charge >= 0.3 is 0 Å². The highest BCUT2D eigenvalue weighted by atomic mass is 35.5. The van der Waals surface area contributed by atoms with Gasteiger partial charge in [-0.15, -0.1) is 0 Å². The fourth-order valence-electron chi connectivity index (χ4n) is 2.15. The monoisotopic (exact) mass is 343 g/mol. The maximum atomic E-state index is 6.20. The minimum Gasteiger partial charge on any atom is -0.496 e. The molecule has 0 heterocycles. The van der Waals surface area contributed by atoms with Crippen LogP contribution >= 0.6 is 34.8 Å². The Morgan fingerprint density at radius 3 is 2.24 bits per heavy atom. The molecule has 0 spiro atoms. The average Bonchev–Trinajstić information content (AvgIpc) is 2.42. The molecule has 0 saturated heterocycles. The molecule has 2 aromatic rings. The lowest BCUT2D eigenvalue weighted by molar-refractivity contribution is 0.407. The molecular formula is C16H16Cl3NO. The van der Waals surface area contributed by atoms with Crippen LogP contribution in [0.3, 0.4) is 0 Å². The van der Waals surface area contributed by atoms with E-state index in [9.17, 15) is 0 Å². The van der Waals surface area contributed by atoms with Crippen LogP contribution in [0.1, 0.15) is 24.1 Å². The summed E-state index contributed by atoms with van der Waals surface area (Å²) in [7, 11) is 1.66. The summed E-state index contributed by atoms with van der Waals surface area (Å²) in [6, 6.07) is 9.38. The van der Waals surface area contributed by atoms with E-state index in [2.05, 4.69) is 5.32 Å². The maximum absolute atomic E-state index is 6.20. The van der Waals surface area contributed by atoms with E-state index in [0.717, 1.165) is 16.9 Å². The summed E-state index contributed by atoms with van der Waals surface area (Å²) in [6.07, 6.45) is 0. The van der Waals surface area contributed by atoms with Gasteiger partial charge in [-0.3, -0.25) is 0 Å². The zero-order chi connectivity index (χ0) is 15.6. The fraction of sp³-hybridized carbons (Fsp3) is 0.250. The molecule has 0 aromatic heterocycles. The number of benzene rings is 2. The Morgan fingerprint density at radius 2 is 1.67 bits per heavy atom. The third-order valence-corrected chi connectivity index (χ3v) is 4.04. The van der Waals surface area contributed by atoms with Gasteiger partial charge in [0.1, 0.15) is 5.75 Å². The molecule has 0 saturated carbocycles. The molecule has 1 unspecified atom stereocenters. The lowest BCUT2D eigenvalue weighted by atomic mass is 10.0. The summed E-state index contributed by atoms with van der Waals surface area (Å²) in [5.41, 5.74) is 2.84. The smallest absolute Gasteiger partial charge is 0.124 e. The summed E-state index contributed by atoms with van der Waals surface area (Å²) < 4.78 is 5.44. The van der Waals surface area contributed by atoms with Crippen LogP contribution in [-0.4, -0.2) is 7.11 Å². The minimum atomic E-state index is -0.0169. The van der Waals surface area contributed by atoms with Crippen LogP contribution in [0.2, 0.25) is 15.1 Å². The van der Waals surface area contributed by atoms with Crippen molar-refractivity contribution >= 4 is 40.5 Å². The van der Waals surface area contributed by atoms with Crippen molar-refractivity contribution in [3.63, 3.8) is 0 Å². The van der Waals surface area contributed by atoms with Crippen LogP contribution in [0.5, 0.6) is 5.75 Å². The van der Waals surface area contributed by atoms with E-state index >= 15 is 0 Å². The molecular weight excluding hydrogens is 329 g/mol. The van der Waals surface area contributed by atoms with Crippen LogP contribution in [0, 0.1) is 6.92 Å². The van der Waals surface area contributed by atoms with Crippen molar-refractivity contribution in [3.05, 3.63) is 56.5 Å². The first-order valence-corrected chi connectivity index (χ1v) is 7.61. The predicted molar refractivity (Wildman–Crippen MR) is 91.2 cm³/mol. The number of hydrogen-bond acceptors (Lipinski definition) is 2. The number of anilines is 1. The van der Waals surface area contributed by atoms with E-state index in [-0.39, 0.29) is 6.04 Å². The van der Waals surface area contributed by atoms with Gasteiger partial charge in [0.15, 0.2) is 0 Å². The zero-order valence-corrected chi connectivity index (χ0v) is 14.3. The van der Waals surface area contributed by atoms with E-state index in [4.69, 9.17) is 39.5 Å². The van der Waals surface area contributed by atoms with Crippen molar-refractivity contribution < 1.29 is 4.74 Å². The maximum Gasteiger partial charge on any atom is 0.124 e. The lowest BCUT2D eigenvalue weighted by Crippen LogP contribution is -2.09. The molecule has 1 N–H and O–H groups in total.